The lowest BCUT2D eigenvalue weighted by Gasteiger charge is -1.96. The first-order chi connectivity index (χ1) is 6.41. The van der Waals surface area contributed by atoms with Gasteiger partial charge in [0.05, 0.1) is 6.61 Å². The summed E-state index contributed by atoms with van der Waals surface area (Å²) in [7, 11) is 0. The molecule has 0 amide bonds. The van der Waals surface area contributed by atoms with E-state index in [2.05, 4.69) is 11.5 Å². The topological polar surface area (TPSA) is 9.23 Å². The number of hydrogen-bond acceptors (Lipinski definition) is 1. The van der Waals surface area contributed by atoms with Gasteiger partial charge in [0.2, 0.25) is 0 Å². The van der Waals surface area contributed by atoms with Crippen molar-refractivity contribution in [2.45, 2.75) is 26.7 Å². The first kappa shape index (κ1) is 12.0. The number of rotatable bonds is 6. The van der Waals surface area contributed by atoms with Crippen LogP contribution in [0.2, 0.25) is 0 Å². The van der Waals surface area contributed by atoms with Crippen molar-refractivity contribution in [2.75, 3.05) is 13.2 Å². The molecule has 1 nitrogen and oxygen atoms in total. The van der Waals surface area contributed by atoms with Crippen molar-refractivity contribution < 1.29 is 4.74 Å². The monoisotopic (exact) mass is 178 g/mol. The molecule has 0 bridgehead atoms. The van der Waals surface area contributed by atoms with Crippen LogP contribution in [-0.2, 0) is 4.74 Å². The Kier molecular flexibility index (Phi) is 10.2. The Labute approximate surface area is 81.1 Å². The van der Waals surface area contributed by atoms with E-state index in [0.29, 0.717) is 6.61 Å². The van der Waals surface area contributed by atoms with Gasteiger partial charge in [-0.15, -0.1) is 11.5 Å². The first-order valence-corrected chi connectivity index (χ1v) is 4.70. The summed E-state index contributed by atoms with van der Waals surface area (Å²) in [6, 6.07) is 0. The van der Waals surface area contributed by atoms with Gasteiger partial charge in [-0.3, -0.25) is 0 Å². The fourth-order valence-electron chi connectivity index (χ4n) is 0.797. The van der Waals surface area contributed by atoms with Crippen LogP contribution in [0.15, 0.2) is 35.8 Å². The summed E-state index contributed by atoms with van der Waals surface area (Å²) in [5, 5.41) is 0. The Bertz CT molecular complexity index is 189. The summed E-state index contributed by atoms with van der Waals surface area (Å²) in [6.45, 7) is 5.38. The Morgan fingerprint density at radius 3 is 2.46 bits per heavy atom. The van der Waals surface area contributed by atoms with Crippen LogP contribution < -0.4 is 0 Å². The minimum Gasteiger partial charge on any atom is -0.377 e. The maximum atomic E-state index is 5.32. The fourth-order valence-corrected chi connectivity index (χ4v) is 0.797. The zero-order chi connectivity index (χ0) is 9.78. The van der Waals surface area contributed by atoms with E-state index in [0.717, 1.165) is 19.4 Å². The molecule has 0 aliphatic carbocycles. The van der Waals surface area contributed by atoms with Crippen LogP contribution >= 0.6 is 0 Å². The van der Waals surface area contributed by atoms with Crippen LogP contribution in [-0.4, -0.2) is 13.2 Å². The van der Waals surface area contributed by atoms with Gasteiger partial charge in [0.1, 0.15) is 0 Å². The molecule has 0 rings (SSSR count). The molecule has 0 unspecified atom stereocenters. The second-order valence-corrected chi connectivity index (χ2v) is 2.54. The summed E-state index contributed by atoms with van der Waals surface area (Å²) in [4.78, 5) is 0. The second-order valence-electron chi connectivity index (χ2n) is 2.54. The Morgan fingerprint density at radius 1 is 1.08 bits per heavy atom. The molecule has 13 heavy (non-hydrogen) atoms. The molecule has 0 aromatic heterocycles. The van der Waals surface area contributed by atoms with Gasteiger partial charge in [-0.05, 0) is 51.0 Å². The standard InChI is InChI=1S/C12H18O/c1-3-5-7-8-10-12-13-11-9-6-4-2/h3-4,7,9H,8,10-12H2,1-2H3. The average molecular weight is 178 g/mol. The SMILES string of the molecule is CC=C=CCCCOCC=C=CC. The van der Waals surface area contributed by atoms with Crippen molar-refractivity contribution in [1.29, 1.82) is 0 Å². The predicted molar refractivity (Wildman–Crippen MR) is 56.7 cm³/mol. The zero-order valence-electron chi connectivity index (χ0n) is 8.55. The molecule has 0 saturated heterocycles. The molecule has 0 heterocycles. The molecular weight excluding hydrogens is 160 g/mol. The normalized spacial score (nSPS) is 8.15. The summed E-state index contributed by atoms with van der Waals surface area (Å²) in [5.74, 6) is 0. The van der Waals surface area contributed by atoms with E-state index in [4.69, 9.17) is 4.74 Å². The van der Waals surface area contributed by atoms with Crippen molar-refractivity contribution in [3.05, 3.63) is 35.8 Å². The third-order valence-corrected chi connectivity index (χ3v) is 1.41. The molecule has 0 N–H and O–H groups in total. The molecular formula is C12H18O. The number of hydrogen-bond donors (Lipinski definition) is 0. The van der Waals surface area contributed by atoms with E-state index >= 15 is 0 Å². The number of ether oxygens (including phenoxy) is 1. The highest BCUT2D eigenvalue weighted by Crippen LogP contribution is 1.90. The van der Waals surface area contributed by atoms with Crippen LogP contribution in [0.3, 0.4) is 0 Å². The quantitative estimate of drug-likeness (QED) is 0.448. The van der Waals surface area contributed by atoms with Crippen LogP contribution in [0, 0.1) is 0 Å². The van der Waals surface area contributed by atoms with Crippen molar-refractivity contribution in [1.82, 2.24) is 0 Å². The molecule has 1 heteroatoms. The van der Waals surface area contributed by atoms with Crippen molar-refractivity contribution >= 4 is 0 Å². The van der Waals surface area contributed by atoms with E-state index in [1.165, 1.54) is 0 Å². The van der Waals surface area contributed by atoms with Crippen molar-refractivity contribution in [2.24, 2.45) is 0 Å². The summed E-state index contributed by atoms with van der Waals surface area (Å²) >= 11 is 0. The lowest BCUT2D eigenvalue weighted by Crippen LogP contribution is -1.92. The maximum absolute atomic E-state index is 5.32. The fraction of sp³-hybridized carbons (Fsp3) is 0.500. The highest BCUT2D eigenvalue weighted by molar-refractivity contribution is 4.82. The van der Waals surface area contributed by atoms with Gasteiger partial charge < -0.3 is 4.74 Å². The minimum atomic E-state index is 0.664. The van der Waals surface area contributed by atoms with E-state index in [-0.39, 0.29) is 0 Å². The van der Waals surface area contributed by atoms with Crippen LogP contribution in [0.25, 0.3) is 0 Å². The maximum Gasteiger partial charge on any atom is 0.0721 e. The molecule has 0 aliphatic rings. The van der Waals surface area contributed by atoms with Crippen molar-refractivity contribution in [3.63, 3.8) is 0 Å². The molecule has 0 aromatic carbocycles. The first-order valence-electron chi connectivity index (χ1n) is 4.70. The molecule has 0 spiro atoms. The highest BCUT2D eigenvalue weighted by Gasteiger charge is 1.83. The zero-order valence-corrected chi connectivity index (χ0v) is 8.55. The molecule has 0 aromatic rings. The van der Waals surface area contributed by atoms with Gasteiger partial charge in [0.25, 0.3) is 0 Å². The smallest absolute Gasteiger partial charge is 0.0721 e. The minimum absolute atomic E-state index is 0.664. The number of allylic oxidation sites excluding steroid dienone is 1. The highest BCUT2D eigenvalue weighted by atomic mass is 16.5. The lowest BCUT2D eigenvalue weighted by molar-refractivity contribution is 0.160. The van der Waals surface area contributed by atoms with E-state index in [1.54, 1.807) is 0 Å². The van der Waals surface area contributed by atoms with Crippen LogP contribution in [0.4, 0.5) is 0 Å². The van der Waals surface area contributed by atoms with Gasteiger partial charge in [-0.2, -0.15) is 0 Å². The summed E-state index contributed by atoms with van der Waals surface area (Å²) in [5.41, 5.74) is 5.99. The molecule has 72 valence electrons. The third-order valence-electron chi connectivity index (χ3n) is 1.41. The Hall–Kier alpha value is -1.00. The van der Waals surface area contributed by atoms with Gasteiger partial charge in [-0.1, -0.05) is 0 Å². The summed E-state index contributed by atoms with van der Waals surface area (Å²) < 4.78 is 5.32. The number of unbranched alkanes of at least 4 members (excludes halogenated alkanes) is 1. The Balaban J connectivity index is 3.17. The Morgan fingerprint density at radius 2 is 1.77 bits per heavy atom. The van der Waals surface area contributed by atoms with Crippen molar-refractivity contribution in [3.8, 4) is 0 Å². The predicted octanol–water partition coefficient (Wildman–Crippen LogP) is 3.25. The van der Waals surface area contributed by atoms with Crippen LogP contribution in [0.5, 0.6) is 0 Å². The summed E-state index contributed by atoms with van der Waals surface area (Å²) in [6.07, 6.45) is 9.81. The van der Waals surface area contributed by atoms with Gasteiger partial charge in [0, 0.05) is 6.61 Å². The largest absolute Gasteiger partial charge is 0.377 e. The third kappa shape index (κ3) is 11.0. The van der Waals surface area contributed by atoms with Crippen LogP contribution in [0.1, 0.15) is 26.7 Å². The lowest BCUT2D eigenvalue weighted by atomic mass is 10.3. The molecule has 0 radical (unpaired) electrons. The van der Waals surface area contributed by atoms with E-state index < -0.39 is 0 Å². The van der Waals surface area contributed by atoms with E-state index in [9.17, 15) is 0 Å². The average Bonchev–Trinajstić information content (AvgIpc) is 2.16. The van der Waals surface area contributed by atoms with Gasteiger partial charge in [0.15, 0.2) is 0 Å². The molecule has 0 aliphatic heterocycles. The second kappa shape index (κ2) is 11.0. The van der Waals surface area contributed by atoms with Gasteiger partial charge >= 0.3 is 0 Å². The van der Waals surface area contributed by atoms with E-state index in [1.807, 2.05) is 38.2 Å². The molecule has 0 fully saturated rings. The van der Waals surface area contributed by atoms with Gasteiger partial charge in [-0.25, -0.2) is 0 Å². The molecule has 0 atom stereocenters. The molecule has 0 saturated carbocycles.